The zero-order valence-electron chi connectivity index (χ0n) is 19.1. The van der Waals surface area contributed by atoms with Crippen molar-refractivity contribution in [2.75, 3.05) is 18.5 Å². The van der Waals surface area contributed by atoms with E-state index in [0.717, 1.165) is 5.56 Å². The molecule has 1 aromatic carbocycles. The first-order valence-corrected chi connectivity index (χ1v) is 10.4. The lowest BCUT2D eigenvalue weighted by molar-refractivity contribution is -0.241. The molecule has 31 heavy (non-hydrogen) atoms. The van der Waals surface area contributed by atoms with Crippen molar-refractivity contribution in [2.45, 2.75) is 71.7 Å². The lowest BCUT2D eigenvalue weighted by Crippen LogP contribution is -2.54. The van der Waals surface area contributed by atoms with Crippen LogP contribution in [-0.2, 0) is 14.3 Å². The Labute approximate surface area is 183 Å². The van der Waals surface area contributed by atoms with Crippen molar-refractivity contribution in [3.63, 3.8) is 0 Å². The smallest absolute Gasteiger partial charge is 0.311 e. The summed E-state index contributed by atoms with van der Waals surface area (Å²) in [6.45, 7) is 11.4. The Morgan fingerprint density at radius 1 is 1.16 bits per heavy atom. The minimum atomic E-state index is -1.39. The fourth-order valence-electron chi connectivity index (χ4n) is 2.79. The third-order valence-electron chi connectivity index (χ3n) is 4.44. The van der Waals surface area contributed by atoms with Gasteiger partial charge in [0.15, 0.2) is 0 Å². The Morgan fingerprint density at radius 3 is 2.45 bits per heavy atom. The van der Waals surface area contributed by atoms with E-state index in [1.54, 1.807) is 32.9 Å². The van der Waals surface area contributed by atoms with Crippen molar-refractivity contribution in [3.8, 4) is 5.75 Å². The first-order chi connectivity index (χ1) is 14.3. The molecular weight excluding hydrogens is 402 g/mol. The molecule has 0 aromatic heterocycles. The summed E-state index contributed by atoms with van der Waals surface area (Å²) in [6, 6.07) is 5.40. The van der Waals surface area contributed by atoms with E-state index >= 15 is 0 Å². The van der Waals surface area contributed by atoms with Gasteiger partial charge in [-0.3, -0.25) is 4.79 Å². The third kappa shape index (κ3) is 7.50. The molecule has 0 unspecified atom stereocenters. The average molecular weight is 438 g/mol. The lowest BCUT2D eigenvalue weighted by atomic mass is 9.97. The number of hydrogen-bond donors (Lipinski definition) is 4. The van der Waals surface area contributed by atoms with Crippen molar-refractivity contribution >= 4 is 17.7 Å². The van der Waals surface area contributed by atoms with Gasteiger partial charge in [0.05, 0.1) is 17.7 Å². The van der Waals surface area contributed by atoms with Crippen molar-refractivity contribution in [1.29, 1.82) is 0 Å². The van der Waals surface area contributed by atoms with Crippen molar-refractivity contribution in [2.24, 2.45) is 5.41 Å². The molecule has 0 bridgehead atoms. The molecule has 0 spiro atoms. The molecule has 4 N–H and O–H groups in total. The Morgan fingerprint density at radius 2 is 1.84 bits per heavy atom. The topological polar surface area (TPSA) is 117 Å². The molecule has 0 radical (unpaired) electrons. The van der Waals surface area contributed by atoms with Gasteiger partial charge < -0.3 is 34.8 Å². The number of aliphatic hydroxyl groups excluding tert-OH is 3. The first-order valence-electron chi connectivity index (χ1n) is 10.4. The molecule has 0 saturated carbocycles. The maximum absolute atomic E-state index is 11.8. The number of hydrogen-bond acceptors (Lipinski definition) is 8. The monoisotopic (exact) mass is 437 g/mol. The first kappa shape index (κ1) is 25.1. The standard InChI is InChI=1S/C23H35NO7/c1-22(2,3)21(28)29-11-7-8-14-9-10-17(15(12-14)24-23(4,5)6)31-20-19(27)18(26)16(25)13-30-20/h7-10,12,16,18-20,24-27H,11,13H2,1-6H3/b8-7+/t16-,18+,19-,20+/m1/s1. The van der Waals surface area contributed by atoms with Gasteiger partial charge in [-0.25, -0.2) is 0 Å². The second-order valence-electron chi connectivity index (χ2n) is 9.75. The van der Waals surface area contributed by atoms with Crippen LogP contribution < -0.4 is 10.1 Å². The molecule has 1 aliphatic heterocycles. The largest absolute Gasteiger partial charge is 0.461 e. The normalized spacial score (nSPS) is 24.8. The van der Waals surface area contributed by atoms with Crippen molar-refractivity contribution in [3.05, 3.63) is 29.8 Å². The van der Waals surface area contributed by atoms with E-state index < -0.39 is 30.0 Å². The fraction of sp³-hybridized carbons (Fsp3) is 0.609. The van der Waals surface area contributed by atoms with E-state index in [1.165, 1.54) is 0 Å². The van der Waals surface area contributed by atoms with Gasteiger partial charge in [0, 0.05) is 5.54 Å². The third-order valence-corrected chi connectivity index (χ3v) is 4.44. The van der Waals surface area contributed by atoms with Gasteiger partial charge in [0.1, 0.15) is 30.7 Å². The predicted octanol–water partition coefficient (Wildman–Crippen LogP) is 2.32. The molecule has 8 nitrogen and oxygen atoms in total. The number of rotatable bonds is 6. The molecule has 0 aliphatic carbocycles. The van der Waals surface area contributed by atoms with Crippen LogP contribution in [-0.4, -0.2) is 64.6 Å². The number of ether oxygens (including phenoxy) is 3. The van der Waals surface area contributed by atoms with Crippen LogP contribution in [0.25, 0.3) is 6.08 Å². The Bertz CT molecular complexity index is 779. The fourth-order valence-corrected chi connectivity index (χ4v) is 2.79. The summed E-state index contributed by atoms with van der Waals surface area (Å²) in [4.78, 5) is 11.8. The highest BCUT2D eigenvalue weighted by Gasteiger charge is 2.39. The highest BCUT2D eigenvalue weighted by atomic mass is 16.7. The Balaban J connectivity index is 2.14. The van der Waals surface area contributed by atoms with Crippen LogP contribution in [0.5, 0.6) is 5.75 Å². The number of benzene rings is 1. The van der Waals surface area contributed by atoms with Crippen LogP contribution >= 0.6 is 0 Å². The van der Waals surface area contributed by atoms with Crippen LogP contribution in [0.2, 0.25) is 0 Å². The van der Waals surface area contributed by atoms with E-state index in [-0.39, 0.29) is 24.7 Å². The number of anilines is 1. The Kier molecular flexibility index (Phi) is 8.10. The Hall–Kier alpha value is -2.13. The molecule has 8 heteroatoms. The zero-order valence-corrected chi connectivity index (χ0v) is 19.1. The van der Waals surface area contributed by atoms with Crippen molar-refractivity contribution < 1.29 is 34.3 Å². The molecule has 1 aliphatic rings. The van der Waals surface area contributed by atoms with Crippen LogP contribution in [0.1, 0.15) is 47.1 Å². The molecule has 2 rings (SSSR count). The molecule has 1 aromatic rings. The van der Waals surface area contributed by atoms with Gasteiger partial charge in [-0.05, 0) is 65.3 Å². The van der Waals surface area contributed by atoms with Crippen LogP contribution in [0.3, 0.4) is 0 Å². The second kappa shape index (κ2) is 9.99. The summed E-state index contributed by atoms with van der Waals surface area (Å²) in [7, 11) is 0. The molecule has 1 heterocycles. The summed E-state index contributed by atoms with van der Waals surface area (Å²) in [5.41, 5.74) is 0.695. The van der Waals surface area contributed by atoms with Gasteiger partial charge in [-0.1, -0.05) is 12.1 Å². The van der Waals surface area contributed by atoms with Gasteiger partial charge in [0.25, 0.3) is 0 Å². The average Bonchev–Trinajstić information content (AvgIpc) is 2.65. The number of carbonyl (C=O) groups is 1. The lowest BCUT2D eigenvalue weighted by Gasteiger charge is -2.35. The molecular formula is C23H35NO7. The van der Waals surface area contributed by atoms with E-state index in [4.69, 9.17) is 14.2 Å². The summed E-state index contributed by atoms with van der Waals surface area (Å²) in [6.07, 6.45) is -1.43. The number of nitrogens with one attached hydrogen (secondary N) is 1. The molecule has 174 valence electrons. The SMILES string of the molecule is CC(C)(C)Nc1cc(/C=C/COC(=O)C(C)(C)C)ccc1O[C@@H]1OC[C@@H](O)[C@H](O)[C@H]1O. The van der Waals surface area contributed by atoms with E-state index in [2.05, 4.69) is 5.32 Å². The molecule has 1 saturated heterocycles. The number of aliphatic hydroxyl groups is 3. The quantitative estimate of drug-likeness (QED) is 0.501. The van der Waals surface area contributed by atoms with Crippen LogP contribution in [0.4, 0.5) is 5.69 Å². The summed E-state index contributed by atoms with van der Waals surface area (Å²) < 4.78 is 16.4. The van der Waals surface area contributed by atoms with Crippen LogP contribution in [0, 0.1) is 5.41 Å². The highest BCUT2D eigenvalue weighted by molar-refractivity contribution is 5.75. The van der Waals surface area contributed by atoms with Gasteiger partial charge in [-0.15, -0.1) is 0 Å². The second-order valence-corrected chi connectivity index (χ2v) is 9.75. The highest BCUT2D eigenvalue weighted by Crippen LogP contribution is 2.31. The molecule has 0 amide bonds. The zero-order chi connectivity index (χ0) is 23.4. The van der Waals surface area contributed by atoms with Gasteiger partial charge in [0.2, 0.25) is 6.29 Å². The van der Waals surface area contributed by atoms with Gasteiger partial charge in [-0.2, -0.15) is 0 Å². The van der Waals surface area contributed by atoms with E-state index in [1.807, 2.05) is 39.0 Å². The maximum Gasteiger partial charge on any atom is 0.311 e. The van der Waals surface area contributed by atoms with Crippen LogP contribution in [0.15, 0.2) is 24.3 Å². The minimum absolute atomic E-state index is 0.140. The summed E-state index contributed by atoms with van der Waals surface area (Å²) >= 11 is 0. The predicted molar refractivity (Wildman–Crippen MR) is 118 cm³/mol. The molecule has 1 fully saturated rings. The summed E-state index contributed by atoms with van der Waals surface area (Å²) in [5, 5.41) is 33.0. The van der Waals surface area contributed by atoms with E-state index in [0.29, 0.717) is 11.4 Å². The van der Waals surface area contributed by atoms with Crippen molar-refractivity contribution in [1.82, 2.24) is 0 Å². The molecule has 4 atom stereocenters. The summed E-state index contributed by atoms with van der Waals surface area (Å²) in [5.74, 6) is 0.160. The van der Waals surface area contributed by atoms with Gasteiger partial charge >= 0.3 is 5.97 Å². The number of carbonyl (C=O) groups excluding carboxylic acids is 1. The van der Waals surface area contributed by atoms with E-state index in [9.17, 15) is 20.1 Å². The minimum Gasteiger partial charge on any atom is -0.461 e. The number of esters is 1. The maximum atomic E-state index is 11.8.